The van der Waals surface area contributed by atoms with E-state index in [4.69, 9.17) is 4.74 Å². The first kappa shape index (κ1) is 13.0. The first-order chi connectivity index (χ1) is 8.67. The highest BCUT2D eigenvalue weighted by Crippen LogP contribution is 2.33. The molecule has 0 aliphatic carbocycles. The molecule has 0 saturated carbocycles. The lowest BCUT2D eigenvalue weighted by molar-refractivity contribution is 0.404. The quantitative estimate of drug-likeness (QED) is 0.920. The lowest BCUT2D eigenvalue weighted by atomic mass is 9.96. The van der Waals surface area contributed by atoms with Crippen molar-refractivity contribution >= 4 is 11.5 Å². The van der Waals surface area contributed by atoms with Crippen molar-refractivity contribution in [2.45, 2.75) is 19.9 Å². The van der Waals surface area contributed by atoms with E-state index >= 15 is 0 Å². The number of rotatable bonds is 4. The maximum absolute atomic E-state index is 5.50. The summed E-state index contributed by atoms with van der Waals surface area (Å²) in [5, 5.41) is 9.39. The fourth-order valence-corrected chi connectivity index (χ4v) is 2.70. The molecule has 0 aliphatic rings. The Morgan fingerprint density at radius 2 is 2.11 bits per heavy atom. The summed E-state index contributed by atoms with van der Waals surface area (Å²) in [7, 11) is 3.62. The highest BCUT2D eigenvalue weighted by Gasteiger charge is 2.21. The molecule has 1 unspecified atom stereocenters. The van der Waals surface area contributed by atoms with Crippen LogP contribution in [0.4, 0.5) is 0 Å². The normalized spacial score (nSPS) is 12.4. The Hall–Kier alpha value is -1.46. The average Bonchev–Trinajstić information content (AvgIpc) is 2.85. The number of nitrogens with one attached hydrogen (secondary N) is 1. The highest BCUT2D eigenvalue weighted by molar-refractivity contribution is 7.03. The van der Waals surface area contributed by atoms with Crippen LogP contribution in [-0.2, 0) is 0 Å². The van der Waals surface area contributed by atoms with Crippen LogP contribution < -0.4 is 10.1 Å². The third-order valence-electron chi connectivity index (χ3n) is 2.96. The number of nitrogens with zero attached hydrogens (tertiary/aromatic N) is 2. The van der Waals surface area contributed by atoms with E-state index in [0.29, 0.717) is 0 Å². The molecule has 0 aliphatic heterocycles. The minimum Gasteiger partial charge on any atom is -0.496 e. The van der Waals surface area contributed by atoms with Crippen LogP contribution in [0.5, 0.6) is 5.75 Å². The largest absolute Gasteiger partial charge is 0.496 e. The molecule has 4 nitrogen and oxygen atoms in total. The molecule has 96 valence electrons. The molecule has 1 atom stereocenters. The van der Waals surface area contributed by atoms with Gasteiger partial charge in [0.2, 0.25) is 0 Å². The van der Waals surface area contributed by atoms with Gasteiger partial charge in [0, 0.05) is 10.9 Å². The number of benzene rings is 1. The second-order valence-electron chi connectivity index (χ2n) is 4.25. The van der Waals surface area contributed by atoms with Crippen LogP contribution in [0.15, 0.2) is 17.5 Å². The molecule has 0 radical (unpaired) electrons. The van der Waals surface area contributed by atoms with Crippen LogP contribution in [0.1, 0.15) is 28.4 Å². The van der Waals surface area contributed by atoms with Crippen molar-refractivity contribution in [3.05, 3.63) is 39.9 Å². The Labute approximate surface area is 111 Å². The number of hydrogen-bond acceptors (Lipinski definition) is 5. The molecule has 0 fully saturated rings. The van der Waals surface area contributed by atoms with Crippen LogP contribution in [0.2, 0.25) is 0 Å². The lowest BCUT2D eigenvalue weighted by Crippen LogP contribution is -2.20. The molecule has 2 aromatic rings. The van der Waals surface area contributed by atoms with E-state index in [2.05, 4.69) is 34.8 Å². The molecule has 1 N–H and O–H groups in total. The fourth-order valence-electron chi connectivity index (χ4n) is 2.22. The van der Waals surface area contributed by atoms with Gasteiger partial charge in [0.05, 0.1) is 18.8 Å². The molecule has 0 saturated heterocycles. The van der Waals surface area contributed by atoms with Crippen molar-refractivity contribution in [2.24, 2.45) is 0 Å². The number of aromatic nitrogens is 2. The zero-order valence-electron chi connectivity index (χ0n) is 11.0. The molecule has 0 spiro atoms. The van der Waals surface area contributed by atoms with Gasteiger partial charge < -0.3 is 10.1 Å². The molecule has 2 rings (SSSR count). The number of aryl methyl sites for hydroxylation is 2. The minimum atomic E-state index is 0.0132. The third kappa shape index (κ3) is 2.37. The monoisotopic (exact) mass is 263 g/mol. The van der Waals surface area contributed by atoms with Gasteiger partial charge in [-0.3, -0.25) is 0 Å². The molecule has 1 aromatic carbocycles. The van der Waals surface area contributed by atoms with E-state index in [0.717, 1.165) is 17.0 Å². The van der Waals surface area contributed by atoms with E-state index in [9.17, 15) is 0 Å². The van der Waals surface area contributed by atoms with Crippen LogP contribution in [-0.4, -0.2) is 23.7 Å². The first-order valence-corrected chi connectivity index (χ1v) is 6.60. The van der Waals surface area contributed by atoms with E-state index in [1.165, 1.54) is 22.7 Å². The Morgan fingerprint density at radius 3 is 2.67 bits per heavy atom. The SMILES string of the molecule is CNC(c1csnn1)c1c(C)cc(C)cc1OC. The molecule has 0 amide bonds. The van der Waals surface area contributed by atoms with E-state index in [1.807, 2.05) is 18.5 Å². The van der Waals surface area contributed by atoms with Crippen molar-refractivity contribution in [3.8, 4) is 5.75 Å². The summed E-state index contributed by atoms with van der Waals surface area (Å²) in [5.41, 5.74) is 4.43. The second kappa shape index (κ2) is 5.46. The van der Waals surface area contributed by atoms with Crippen molar-refractivity contribution in [1.82, 2.24) is 14.9 Å². The van der Waals surface area contributed by atoms with Crippen LogP contribution in [0, 0.1) is 13.8 Å². The van der Waals surface area contributed by atoms with E-state index in [1.54, 1.807) is 7.11 Å². The zero-order chi connectivity index (χ0) is 13.1. The number of methoxy groups -OCH3 is 1. The topological polar surface area (TPSA) is 47.0 Å². The maximum atomic E-state index is 5.50. The summed E-state index contributed by atoms with van der Waals surface area (Å²) in [6, 6.07) is 4.22. The average molecular weight is 263 g/mol. The molecular weight excluding hydrogens is 246 g/mol. The first-order valence-electron chi connectivity index (χ1n) is 5.76. The summed E-state index contributed by atoms with van der Waals surface area (Å²) in [5.74, 6) is 0.889. The highest BCUT2D eigenvalue weighted by atomic mass is 32.1. The Kier molecular flexibility index (Phi) is 3.93. The number of hydrogen-bond donors (Lipinski definition) is 1. The van der Waals surface area contributed by atoms with Crippen LogP contribution >= 0.6 is 11.5 Å². The predicted octanol–water partition coefficient (Wildman–Crippen LogP) is 2.47. The second-order valence-corrected chi connectivity index (χ2v) is 4.86. The zero-order valence-corrected chi connectivity index (χ0v) is 11.8. The summed E-state index contributed by atoms with van der Waals surface area (Å²) in [6.45, 7) is 4.16. The van der Waals surface area contributed by atoms with Gasteiger partial charge in [0.15, 0.2) is 0 Å². The summed E-state index contributed by atoms with van der Waals surface area (Å²) in [6.07, 6.45) is 0. The van der Waals surface area contributed by atoms with Gasteiger partial charge in [0.1, 0.15) is 5.75 Å². The van der Waals surface area contributed by atoms with Crippen molar-refractivity contribution in [3.63, 3.8) is 0 Å². The predicted molar refractivity (Wildman–Crippen MR) is 73.3 cm³/mol. The lowest BCUT2D eigenvalue weighted by Gasteiger charge is -2.20. The summed E-state index contributed by atoms with van der Waals surface area (Å²) < 4.78 is 9.43. The smallest absolute Gasteiger partial charge is 0.124 e. The third-order valence-corrected chi connectivity index (χ3v) is 3.49. The van der Waals surface area contributed by atoms with E-state index < -0.39 is 0 Å². The van der Waals surface area contributed by atoms with E-state index in [-0.39, 0.29) is 6.04 Å². The molecule has 18 heavy (non-hydrogen) atoms. The Balaban J connectivity index is 2.55. The van der Waals surface area contributed by atoms with Crippen LogP contribution in [0.25, 0.3) is 0 Å². The Bertz CT molecular complexity index is 525. The van der Waals surface area contributed by atoms with Crippen molar-refractivity contribution in [1.29, 1.82) is 0 Å². The van der Waals surface area contributed by atoms with Gasteiger partial charge in [-0.1, -0.05) is 10.6 Å². The van der Waals surface area contributed by atoms with Gasteiger partial charge in [-0.05, 0) is 49.6 Å². The minimum absolute atomic E-state index is 0.0132. The van der Waals surface area contributed by atoms with Crippen molar-refractivity contribution in [2.75, 3.05) is 14.2 Å². The van der Waals surface area contributed by atoms with Gasteiger partial charge >= 0.3 is 0 Å². The summed E-state index contributed by atoms with van der Waals surface area (Å²) in [4.78, 5) is 0. The number of ether oxygens (including phenoxy) is 1. The molecule has 1 heterocycles. The molecular formula is C13H17N3OS. The molecule has 0 bridgehead atoms. The van der Waals surface area contributed by atoms with Gasteiger partial charge in [-0.2, -0.15) is 0 Å². The van der Waals surface area contributed by atoms with Crippen LogP contribution in [0.3, 0.4) is 0 Å². The fraction of sp³-hybridized carbons (Fsp3) is 0.385. The molecule has 5 heteroatoms. The Morgan fingerprint density at radius 1 is 1.33 bits per heavy atom. The standard InChI is InChI=1S/C13H17N3OS/c1-8-5-9(2)12(11(6-8)17-4)13(14-3)10-7-18-16-15-10/h5-7,13-14H,1-4H3. The molecule has 1 aromatic heterocycles. The summed E-state index contributed by atoms with van der Waals surface area (Å²) >= 11 is 1.36. The van der Waals surface area contributed by atoms with Gasteiger partial charge in [0.25, 0.3) is 0 Å². The maximum Gasteiger partial charge on any atom is 0.124 e. The van der Waals surface area contributed by atoms with Gasteiger partial charge in [-0.15, -0.1) is 5.10 Å². The van der Waals surface area contributed by atoms with Crippen molar-refractivity contribution < 1.29 is 4.74 Å². The van der Waals surface area contributed by atoms with Gasteiger partial charge in [-0.25, -0.2) is 0 Å².